The van der Waals surface area contributed by atoms with E-state index in [0.29, 0.717) is 52.2 Å². The number of hydrogen-bond donors (Lipinski definition) is 1. The number of para-hydroxylation sites is 1. The van der Waals surface area contributed by atoms with Gasteiger partial charge in [0.15, 0.2) is 5.65 Å². The lowest BCUT2D eigenvalue weighted by molar-refractivity contribution is -0.127. The number of nitrogens with two attached hydrogens (primary N) is 1. The van der Waals surface area contributed by atoms with Gasteiger partial charge in [0.2, 0.25) is 5.91 Å². The van der Waals surface area contributed by atoms with Gasteiger partial charge in [0, 0.05) is 18.7 Å². The van der Waals surface area contributed by atoms with E-state index in [1.165, 1.54) is 12.4 Å². The standard InChI is InChI=1S/C25H23ClN6O2/c1-2-21(33)31-12-6-7-17(14-31)32-25-22(24(27)28-15-29-25)23(30-32)16-10-11-20(19(26)13-16)34-18-8-4-3-5-9-18/h2-5,8-11,13,15,17H,1,6-7,12,14H2,(H2,27,28,29)/t17-/m0/s1. The predicted octanol–water partition coefficient (Wildman–Crippen LogP) is 4.87. The highest BCUT2D eigenvalue weighted by atomic mass is 35.5. The second-order valence-corrected chi connectivity index (χ2v) is 8.50. The van der Waals surface area contributed by atoms with Crippen LogP contribution in [0.15, 0.2) is 67.5 Å². The summed E-state index contributed by atoms with van der Waals surface area (Å²) >= 11 is 6.57. The summed E-state index contributed by atoms with van der Waals surface area (Å²) in [5.41, 5.74) is 8.29. The molecule has 0 aliphatic carbocycles. The number of halogens is 1. The number of carbonyl (C=O) groups excluding carboxylic acids is 1. The molecule has 1 saturated heterocycles. The molecular weight excluding hydrogens is 452 g/mol. The summed E-state index contributed by atoms with van der Waals surface area (Å²) in [6.45, 7) is 4.83. The molecule has 1 atom stereocenters. The third-order valence-corrected chi connectivity index (χ3v) is 6.22. The van der Waals surface area contributed by atoms with Crippen LogP contribution in [0, 0.1) is 0 Å². The minimum Gasteiger partial charge on any atom is -0.456 e. The SMILES string of the molecule is C=CC(=O)N1CCC[C@H](n2nc(-c3ccc(Oc4ccccc4)c(Cl)c3)c3c(N)ncnc32)C1. The van der Waals surface area contributed by atoms with Gasteiger partial charge >= 0.3 is 0 Å². The molecule has 2 N–H and O–H groups in total. The molecule has 5 rings (SSSR count). The van der Waals surface area contributed by atoms with Crippen molar-refractivity contribution < 1.29 is 9.53 Å². The van der Waals surface area contributed by atoms with Gasteiger partial charge in [-0.15, -0.1) is 0 Å². The maximum Gasteiger partial charge on any atom is 0.246 e. The fraction of sp³-hybridized carbons (Fsp3) is 0.200. The van der Waals surface area contributed by atoms with Crippen molar-refractivity contribution in [2.75, 3.05) is 18.8 Å². The molecule has 0 saturated carbocycles. The minimum atomic E-state index is -0.0867. The number of fused-ring (bicyclic) bond motifs is 1. The molecule has 172 valence electrons. The van der Waals surface area contributed by atoms with Crippen LogP contribution in [0.5, 0.6) is 11.5 Å². The van der Waals surface area contributed by atoms with E-state index in [9.17, 15) is 4.79 Å². The Balaban J connectivity index is 1.54. The topological polar surface area (TPSA) is 99.2 Å². The summed E-state index contributed by atoms with van der Waals surface area (Å²) < 4.78 is 7.76. The number of rotatable bonds is 5. The van der Waals surface area contributed by atoms with Crippen LogP contribution in [-0.4, -0.2) is 43.6 Å². The van der Waals surface area contributed by atoms with Crippen LogP contribution in [0.25, 0.3) is 22.3 Å². The summed E-state index contributed by atoms with van der Waals surface area (Å²) in [4.78, 5) is 22.6. The molecule has 0 bridgehead atoms. The molecule has 4 aromatic rings. The number of anilines is 1. The molecule has 3 heterocycles. The second kappa shape index (κ2) is 9.15. The fourth-order valence-electron chi connectivity index (χ4n) is 4.28. The van der Waals surface area contributed by atoms with Gasteiger partial charge in [-0.1, -0.05) is 36.4 Å². The number of piperidine rings is 1. The summed E-state index contributed by atoms with van der Waals surface area (Å²) in [7, 11) is 0. The molecule has 2 aromatic heterocycles. The molecule has 34 heavy (non-hydrogen) atoms. The van der Waals surface area contributed by atoms with E-state index in [1.54, 1.807) is 17.0 Å². The van der Waals surface area contributed by atoms with Crippen molar-refractivity contribution in [2.24, 2.45) is 0 Å². The van der Waals surface area contributed by atoms with Gasteiger partial charge < -0.3 is 15.4 Å². The Kier molecular flexibility index (Phi) is 5.90. The van der Waals surface area contributed by atoms with E-state index in [-0.39, 0.29) is 11.9 Å². The lowest BCUT2D eigenvalue weighted by Crippen LogP contribution is -2.40. The first-order valence-corrected chi connectivity index (χ1v) is 11.4. The van der Waals surface area contributed by atoms with Crippen LogP contribution in [0.1, 0.15) is 18.9 Å². The van der Waals surface area contributed by atoms with Gasteiger partial charge in [0.25, 0.3) is 0 Å². The summed E-state index contributed by atoms with van der Waals surface area (Å²) in [6.07, 6.45) is 4.50. The lowest BCUT2D eigenvalue weighted by Gasteiger charge is -2.32. The zero-order valence-electron chi connectivity index (χ0n) is 18.4. The summed E-state index contributed by atoms with van der Waals surface area (Å²) in [5, 5.41) is 5.99. The molecular formula is C25H23ClN6O2. The highest BCUT2D eigenvalue weighted by Crippen LogP contribution is 2.37. The molecule has 0 unspecified atom stereocenters. The Labute approximate surface area is 201 Å². The summed E-state index contributed by atoms with van der Waals surface area (Å²) in [5.74, 6) is 1.48. The molecule has 1 amide bonds. The average molecular weight is 475 g/mol. The quantitative estimate of drug-likeness (QED) is 0.414. The Morgan fingerprint density at radius 1 is 1.21 bits per heavy atom. The largest absolute Gasteiger partial charge is 0.456 e. The minimum absolute atomic E-state index is 0.0423. The Morgan fingerprint density at radius 2 is 2.03 bits per heavy atom. The van der Waals surface area contributed by atoms with Gasteiger partial charge in [-0.05, 0) is 49.2 Å². The first-order chi connectivity index (χ1) is 16.5. The zero-order valence-corrected chi connectivity index (χ0v) is 19.2. The van der Waals surface area contributed by atoms with E-state index in [2.05, 4.69) is 16.5 Å². The Morgan fingerprint density at radius 3 is 2.79 bits per heavy atom. The van der Waals surface area contributed by atoms with Crippen molar-refractivity contribution in [2.45, 2.75) is 18.9 Å². The van der Waals surface area contributed by atoms with E-state index >= 15 is 0 Å². The third-order valence-electron chi connectivity index (χ3n) is 5.92. The van der Waals surface area contributed by atoms with Gasteiger partial charge in [-0.25, -0.2) is 14.6 Å². The van der Waals surface area contributed by atoms with Crippen LogP contribution < -0.4 is 10.5 Å². The van der Waals surface area contributed by atoms with Crippen molar-refractivity contribution in [3.05, 3.63) is 72.5 Å². The zero-order chi connectivity index (χ0) is 23.7. The molecule has 2 aromatic carbocycles. The van der Waals surface area contributed by atoms with E-state index < -0.39 is 0 Å². The number of carbonyl (C=O) groups is 1. The van der Waals surface area contributed by atoms with Crippen molar-refractivity contribution in [3.8, 4) is 22.8 Å². The smallest absolute Gasteiger partial charge is 0.246 e. The van der Waals surface area contributed by atoms with Crippen LogP contribution in [0.2, 0.25) is 5.02 Å². The fourth-order valence-corrected chi connectivity index (χ4v) is 4.50. The maximum absolute atomic E-state index is 12.2. The van der Waals surface area contributed by atoms with Gasteiger partial charge in [0.1, 0.15) is 29.3 Å². The molecule has 9 heteroatoms. The Hall–Kier alpha value is -3.91. The van der Waals surface area contributed by atoms with Crippen molar-refractivity contribution in [1.29, 1.82) is 0 Å². The number of aromatic nitrogens is 4. The van der Waals surface area contributed by atoms with Crippen molar-refractivity contribution >= 4 is 34.4 Å². The summed E-state index contributed by atoms with van der Waals surface area (Å²) in [6, 6.07) is 14.9. The number of nitrogens with zero attached hydrogens (tertiary/aromatic N) is 5. The number of nitrogen functional groups attached to an aromatic ring is 1. The van der Waals surface area contributed by atoms with Crippen LogP contribution in [-0.2, 0) is 4.79 Å². The molecule has 1 fully saturated rings. The molecule has 8 nitrogen and oxygen atoms in total. The Bertz CT molecular complexity index is 1370. The average Bonchev–Trinajstić information content (AvgIpc) is 3.26. The predicted molar refractivity (Wildman–Crippen MR) is 132 cm³/mol. The highest BCUT2D eigenvalue weighted by Gasteiger charge is 2.28. The van der Waals surface area contributed by atoms with Crippen LogP contribution >= 0.6 is 11.6 Å². The van der Waals surface area contributed by atoms with Gasteiger partial charge in [-0.3, -0.25) is 4.79 Å². The van der Waals surface area contributed by atoms with E-state index in [1.807, 2.05) is 41.1 Å². The van der Waals surface area contributed by atoms with Gasteiger partial charge in [-0.2, -0.15) is 5.10 Å². The third kappa shape index (κ3) is 4.08. The first kappa shape index (κ1) is 21.9. The number of benzene rings is 2. The second-order valence-electron chi connectivity index (χ2n) is 8.10. The lowest BCUT2D eigenvalue weighted by atomic mass is 10.1. The first-order valence-electron chi connectivity index (χ1n) is 11.0. The molecule has 1 aliphatic heterocycles. The highest BCUT2D eigenvalue weighted by molar-refractivity contribution is 6.32. The molecule has 1 aliphatic rings. The molecule has 0 radical (unpaired) electrons. The number of likely N-dealkylation sites (tertiary alicyclic amines) is 1. The normalized spacial score (nSPS) is 15.9. The monoisotopic (exact) mass is 474 g/mol. The van der Waals surface area contributed by atoms with Crippen molar-refractivity contribution in [1.82, 2.24) is 24.6 Å². The van der Waals surface area contributed by atoms with Crippen LogP contribution in [0.3, 0.4) is 0 Å². The molecule has 0 spiro atoms. The van der Waals surface area contributed by atoms with Crippen LogP contribution in [0.4, 0.5) is 5.82 Å². The van der Waals surface area contributed by atoms with Crippen molar-refractivity contribution in [3.63, 3.8) is 0 Å². The number of hydrogen-bond acceptors (Lipinski definition) is 6. The number of amides is 1. The maximum atomic E-state index is 12.2. The van der Waals surface area contributed by atoms with E-state index in [0.717, 1.165) is 18.4 Å². The van der Waals surface area contributed by atoms with E-state index in [4.69, 9.17) is 27.2 Å². The number of ether oxygens (including phenoxy) is 1. The van der Waals surface area contributed by atoms with Gasteiger partial charge in [0.05, 0.1) is 16.5 Å².